The number of nitrogens with zero attached hydrogens (tertiary/aromatic N) is 2. The number of methoxy groups -OCH3 is 2. The Morgan fingerprint density at radius 1 is 1.03 bits per heavy atom. The average Bonchev–Trinajstić information content (AvgIpc) is 3.46. The Labute approximate surface area is 189 Å². The van der Waals surface area contributed by atoms with Gasteiger partial charge in [0.2, 0.25) is 5.91 Å². The van der Waals surface area contributed by atoms with Crippen molar-refractivity contribution in [3.63, 3.8) is 0 Å². The van der Waals surface area contributed by atoms with Gasteiger partial charge in [-0.1, -0.05) is 18.2 Å². The number of carbonyl (C=O) groups excluding carboxylic acids is 3. The van der Waals surface area contributed by atoms with Gasteiger partial charge in [0, 0.05) is 5.56 Å². The van der Waals surface area contributed by atoms with E-state index in [2.05, 4.69) is 5.32 Å². The molecule has 0 fully saturated rings. The molecular weight excluding hydrogens is 426 g/mol. The third-order valence-electron chi connectivity index (χ3n) is 5.84. The molecule has 0 saturated carbocycles. The van der Waals surface area contributed by atoms with Crippen molar-refractivity contribution in [1.82, 2.24) is 10.2 Å². The van der Waals surface area contributed by atoms with E-state index in [-0.39, 0.29) is 30.8 Å². The van der Waals surface area contributed by atoms with E-state index in [0.29, 0.717) is 39.6 Å². The summed E-state index contributed by atoms with van der Waals surface area (Å²) in [6, 6.07) is 13.8. The molecule has 0 bridgehead atoms. The standard InChI is InChI=1S/C24H21N3O6/c1-31-18-10-9-16-20(21(18)32-2)24(30)27-17-8-4-3-7-15(17)23(29)26(22(16)27)13-19(28)25-12-14-6-5-11-33-14/h3-11,22H,12-13H2,1-2H3,(H,25,28)/t22-/m1/s1. The molecule has 0 saturated heterocycles. The van der Waals surface area contributed by atoms with Crippen molar-refractivity contribution in [2.75, 3.05) is 25.7 Å². The van der Waals surface area contributed by atoms with Crippen LogP contribution in [0, 0.1) is 0 Å². The summed E-state index contributed by atoms with van der Waals surface area (Å²) in [5, 5.41) is 2.76. The zero-order valence-electron chi connectivity index (χ0n) is 18.0. The summed E-state index contributed by atoms with van der Waals surface area (Å²) in [5.74, 6) is 0.259. The molecule has 0 spiro atoms. The van der Waals surface area contributed by atoms with E-state index < -0.39 is 6.17 Å². The van der Waals surface area contributed by atoms with Crippen molar-refractivity contribution in [1.29, 1.82) is 0 Å². The number of ether oxygens (including phenoxy) is 2. The topological polar surface area (TPSA) is 101 Å². The third-order valence-corrected chi connectivity index (χ3v) is 5.84. The number of carbonyl (C=O) groups is 3. The third kappa shape index (κ3) is 3.20. The first-order valence-electron chi connectivity index (χ1n) is 10.3. The first-order chi connectivity index (χ1) is 16.0. The molecule has 5 rings (SSSR count). The number of furan rings is 1. The molecule has 9 nitrogen and oxygen atoms in total. The summed E-state index contributed by atoms with van der Waals surface area (Å²) in [4.78, 5) is 42.8. The molecule has 2 aliphatic rings. The van der Waals surface area contributed by atoms with Crippen LogP contribution in [0.5, 0.6) is 11.5 Å². The lowest BCUT2D eigenvalue weighted by Crippen LogP contribution is -2.51. The number of para-hydroxylation sites is 1. The van der Waals surface area contributed by atoms with Crippen LogP contribution in [0.2, 0.25) is 0 Å². The minimum Gasteiger partial charge on any atom is -0.493 e. The summed E-state index contributed by atoms with van der Waals surface area (Å²) in [5.41, 5.74) is 1.72. The van der Waals surface area contributed by atoms with Crippen molar-refractivity contribution in [3.05, 3.63) is 77.2 Å². The normalized spacial score (nSPS) is 16.2. The Bertz CT molecular complexity index is 1250. The fourth-order valence-electron chi connectivity index (χ4n) is 4.40. The van der Waals surface area contributed by atoms with Crippen LogP contribution in [0.25, 0.3) is 0 Å². The minimum absolute atomic E-state index is 0.194. The Balaban J connectivity index is 1.56. The van der Waals surface area contributed by atoms with Gasteiger partial charge in [-0.15, -0.1) is 0 Å². The Hall–Kier alpha value is -4.27. The molecule has 1 N–H and O–H groups in total. The number of nitrogens with one attached hydrogen (secondary N) is 1. The van der Waals surface area contributed by atoms with Crippen LogP contribution in [0.4, 0.5) is 5.69 Å². The number of amides is 3. The largest absolute Gasteiger partial charge is 0.493 e. The first kappa shape index (κ1) is 20.6. The monoisotopic (exact) mass is 447 g/mol. The quantitative estimate of drug-likeness (QED) is 0.624. The molecule has 1 aromatic heterocycles. The minimum atomic E-state index is -0.788. The Morgan fingerprint density at radius 3 is 2.58 bits per heavy atom. The van der Waals surface area contributed by atoms with E-state index in [9.17, 15) is 14.4 Å². The van der Waals surface area contributed by atoms with Crippen LogP contribution in [0.15, 0.2) is 59.2 Å². The van der Waals surface area contributed by atoms with E-state index in [1.807, 2.05) is 0 Å². The van der Waals surface area contributed by atoms with Crippen LogP contribution in [0.1, 0.15) is 38.2 Å². The summed E-state index contributed by atoms with van der Waals surface area (Å²) >= 11 is 0. The highest BCUT2D eigenvalue weighted by Gasteiger charge is 2.50. The van der Waals surface area contributed by atoms with Crippen LogP contribution in [-0.4, -0.2) is 43.4 Å². The van der Waals surface area contributed by atoms with Gasteiger partial charge in [-0.25, -0.2) is 0 Å². The first-order valence-corrected chi connectivity index (χ1v) is 10.3. The van der Waals surface area contributed by atoms with Crippen LogP contribution in [0.3, 0.4) is 0 Å². The molecule has 3 amide bonds. The van der Waals surface area contributed by atoms with Gasteiger partial charge in [0.15, 0.2) is 11.5 Å². The van der Waals surface area contributed by atoms with E-state index in [1.165, 1.54) is 30.3 Å². The van der Waals surface area contributed by atoms with Crippen molar-refractivity contribution in [2.24, 2.45) is 0 Å². The van der Waals surface area contributed by atoms with Gasteiger partial charge >= 0.3 is 0 Å². The second kappa shape index (κ2) is 8.01. The maximum absolute atomic E-state index is 13.6. The number of benzene rings is 2. The van der Waals surface area contributed by atoms with E-state index >= 15 is 0 Å². The molecule has 2 aromatic carbocycles. The highest BCUT2D eigenvalue weighted by molar-refractivity contribution is 6.18. The molecule has 3 heterocycles. The zero-order chi connectivity index (χ0) is 23.1. The molecule has 0 radical (unpaired) electrons. The lowest BCUT2D eigenvalue weighted by Gasteiger charge is -2.40. The molecule has 168 valence electrons. The summed E-state index contributed by atoms with van der Waals surface area (Å²) < 4.78 is 16.1. The molecule has 33 heavy (non-hydrogen) atoms. The van der Waals surface area contributed by atoms with E-state index in [1.54, 1.807) is 48.5 Å². The lowest BCUT2D eigenvalue weighted by molar-refractivity contribution is -0.122. The highest BCUT2D eigenvalue weighted by Crippen LogP contribution is 2.49. The number of rotatable bonds is 6. The number of anilines is 1. The highest BCUT2D eigenvalue weighted by atomic mass is 16.5. The van der Waals surface area contributed by atoms with Gasteiger partial charge in [0.25, 0.3) is 11.8 Å². The predicted molar refractivity (Wildman–Crippen MR) is 117 cm³/mol. The fraction of sp³-hybridized carbons (Fsp3) is 0.208. The van der Waals surface area contributed by atoms with Crippen molar-refractivity contribution in [3.8, 4) is 11.5 Å². The van der Waals surface area contributed by atoms with Gasteiger partial charge in [0.05, 0.1) is 43.8 Å². The molecule has 1 atom stereocenters. The summed E-state index contributed by atoms with van der Waals surface area (Å²) in [6.07, 6.45) is 0.733. The second-order valence-electron chi connectivity index (χ2n) is 7.62. The average molecular weight is 447 g/mol. The molecule has 0 aliphatic carbocycles. The Kier molecular flexibility index (Phi) is 5.01. The van der Waals surface area contributed by atoms with Crippen LogP contribution >= 0.6 is 0 Å². The zero-order valence-corrected chi connectivity index (χ0v) is 18.0. The number of hydrogen-bond acceptors (Lipinski definition) is 6. The predicted octanol–water partition coefficient (Wildman–Crippen LogP) is 2.73. The fourth-order valence-corrected chi connectivity index (χ4v) is 4.40. The maximum atomic E-state index is 13.6. The lowest BCUT2D eigenvalue weighted by atomic mass is 10.0. The van der Waals surface area contributed by atoms with Crippen molar-refractivity contribution in [2.45, 2.75) is 12.7 Å². The van der Waals surface area contributed by atoms with Gasteiger partial charge in [-0.2, -0.15) is 0 Å². The van der Waals surface area contributed by atoms with Gasteiger partial charge in [0.1, 0.15) is 18.5 Å². The van der Waals surface area contributed by atoms with Crippen molar-refractivity contribution >= 4 is 23.4 Å². The smallest absolute Gasteiger partial charge is 0.264 e. The van der Waals surface area contributed by atoms with Gasteiger partial charge < -0.3 is 24.1 Å². The molecule has 0 unspecified atom stereocenters. The molecule has 9 heteroatoms. The molecule has 2 aliphatic heterocycles. The number of fused-ring (bicyclic) bond motifs is 5. The summed E-state index contributed by atoms with van der Waals surface area (Å²) in [6.45, 7) is -0.0462. The van der Waals surface area contributed by atoms with Crippen LogP contribution in [-0.2, 0) is 11.3 Å². The van der Waals surface area contributed by atoms with E-state index in [4.69, 9.17) is 13.9 Å². The van der Waals surface area contributed by atoms with Crippen LogP contribution < -0.4 is 19.7 Å². The Morgan fingerprint density at radius 2 is 1.85 bits per heavy atom. The van der Waals surface area contributed by atoms with Gasteiger partial charge in [-0.05, 0) is 30.3 Å². The number of hydrogen-bond donors (Lipinski definition) is 1. The van der Waals surface area contributed by atoms with E-state index in [0.717, 1.165) is 0 Å². The van der Waals surface area contributed by atoms with Crippen molar-refractivity contribution < 1.29 is 28.3 Å². The molecular formula is C24H21N3O6. The second-order valence-corrected chi connectivity index (χ2v) is 7.62. The molecule has 3 aromatic rings. The van der Waals surface area contributed by atoms with Gasteiger partial charge in [-0.3, -0.25) is 19.3 Å². The summed E-state index contributed by atoms with van der Waals surface area (Å²) in [7, 11) is 2.95. The SMILES string of the molecule is COc1ccc2c(c1OC)C(=O)N1c3ccccc3C(=O)N(CC(=O)NCc3ccco3)[C@@H]21. The maximum Gasteiger partial charge on any atom is 0.264 e.